The molecule has 0 bridgehead atoms. The van der Waals surface area contributed by atoms with Crippen molar-refractivity contribution in [3.8, 4) is 0 Å². The van der Waals surface area contributed by atoms with E-state index < -0.39 is 68.0 Å². The van der Waals surface area contributed by atoms with Crippen LogP contribution in [0.25, 0.3) is 0 Å². The predicted molar refractivity (Wildman–Crippen MR) is 136 cm³/mol. The van der Waals surface area contributed by atoms with E-state index in [1.807, 2.05) is 0 Å². The predicted octanol–water partition coefficient (Wildman–Crippen LogP) is 1.24. The second kappa shape index (κ2) is 15.7. The van der Waals surface area contributed by atoms with Gasteiger partial charge in [-0.15, -0.1) is 0 Å². The van der Waals surface area contributed by atoms with E-state index in [9.17, 15) is 23.7 Å². The summed E-state index contributed by atoms with van der Waals surface area (Å²) >= 11 is 9.51. The fraction of sp³-hybridized carbons (Fsp3) is 0.700. The number of nitrogens with two attached hydrogens (primary N) is 1. The minimum Gasteiger partial charge on any atom is -0.462 e. The molecule has 6 atom stereocenters. The Hall–Kier alpha value is -1.54. The van der Waals surface area contributed by atoms with Crippen molar-refractivity contribution in [1.29, 1.82) is 0 Å². The molecule has 0 aliphatic rings. The van der Waals surface area contributed by atoms with Gasteiger partial charge in [0.1, 0.15) is 24.4 Å². The number of nitrogens with one attached hydrogen (secondary N) is 2. The number of nitrogens with zero attached hydrogens (tertiary/aromatic N) is 1. The van der Waals surface area contributed by atoms with E-state index in [2.05, 4.69) is 26.0 Å². The van der Waals surface area contributed by atoms with Crippen molar-refractivity contribution in [2.45, 2.75) is 70.7 Å². The first kappa shape index (κ1) is 32.5. The van der Waals surface area contributed by atoms with Gasteiger partial charge in [-0.25, -0.2) is 9.88 Å². The zero-order chi connectivity index (χ0) is 27.6. The van der Waals surface area contributed by atoms with Crippen molar-refractivity contribution in [2.75, 3.05) is 11.9 Å². The van der Waals surface area contributed by atoms with Gasteiger partial charge < -0.3 is 24.5 Å². The van der Waals surface area contributed by atoms with Crippen LogP contribution in [0.1, 0.15) is 40.8 Å². The maximum absolute atomic E-state index is 12.4. The molecule has 1 heterocycles. The van der Waals surface area contributed by atoms with Gasteiger partial charge in [-0.3, -0.25) is 28.5 Å². The molecule has 0 saturated heterocycles. The summed E-state index contributed by atoms with van der Waals surface area (Å²) in [5.41, 5.74) is 2.99. The number of hydrogen-bond donors (Lipinski definition) is 3. The molecule has 0 aliphatic heterocycles. The van der Waals surface area contributed by atoms with Crippen LogP contribution in [0.15, 0.2) is 21.9 Å². The largest absolute Gasteiger partial charge is 0.462 e. The molecule has 1 rings (SSSR count). The Labute approximate surface area is 222 Å². The smallest absolute Gasteiger partial charge is 0.330 e. The lowest BCUT2D eigenvalue weighted by atomic mass is 10.1. The Morgan fingerprint density at radius 1 is 1.19 bits per heavy atom. The molecular formula is C20H33BrClN4O9P. The van der Waals surface area contributed by atoms with Gasteiger partial charge in [0.15, 0.2) is 0 Å². The summed E-state index contributed by atoms with van der Waals surface area (Å²) in [5, 5.41) is 2.55. The van der Waals surface area contributed by atoms with E-state index >= 15 is 0 Å². The highest BCUT2D eigenvalue weighted by molar-refractivity contribution is 9.09. The van der Waals surface area contributed by atoms with Crippen molar-refractivity contribution in [3.63, 3.8) is 0 Å². The minimum absolute atomic E-state index is 0.0595. The zero-order valence-corrected chi connectivity index (χ0v) is 23.9. The van der Waals surface area contributed by atoms with Crippen LogP contribution in [0.3, 0.4) is 0 Å². The first-order valence-corrected chi connectivity index (χ1v) is 13.9. The second-order valence-corrected chi connectivity index (χ2v) is 10.5. The number of aromatic amines is 1. The van der Waals surface area contributed by atoms with E-state index in [4.69, 9.17) is 36.1 Å². The highest BCUT2D eigenvalue weighted by Gasteiger charge is 2.31. The first-order chi connectivity index (χ1) is 16.8. The Balaban J connectivity index is 3.02. The second-order valence-electron chi connectivity index (χ2n) is 8.31. The normalized spacial score (nSPS) is 16.7. The van der Waals surface area contributed by atoms with Crippen LogP contribution in [-0.2, 0) is 32.9 Å². The van der Waals surface area contributed by atoms with Crippen LogP contribution in [0.4, 0.5) is 0 Å². The average Bonchev–Trinajstić information content (AvgIpc) is 2.78. The van der Waals surface area contributed by atoms with E-state index in [0.29, 0.717) is 0 Å². The quantitative estimate of drug-likeness (QED) is 0.146. The molecule has 1 aromatic heterocycles. The Morgan fingerprint density at radius 3 is 2.36 bits per heavy atom. The standard InChI is InChI=1S/C20H33BrClN4O9P/c1-10(2)16(23)19(29)35-17(22)13(9-32-36(31)25-12(5)18(28)33-11(3)4)34-15(8-21)26-7-6-14(27)24-20(26)30/h6-7,10-13,15-17,36H,8-9,23H2,1-5H3,(H,25,31)(H,24,27,30)/t12-,13+,15+,16?,17+/m0/s1. The molecule has 2 unspecified atom stereocenters. The maximum Gasteiger partial charge on any atom is 0.330 e. The zero-order valence-electron chi connectivity index (χ0n) is 20.6. The van der Waals surface area contributed by atoms with Gasteiger partial charge in [-0.1, -0.05) is 41.4 Å². The lowest BCUT2D eigenvalue weighted by Crippen LogP contribution is -2.43. The van der Waals surface area contributed by atoms with Crippen LogP contribution in [0, 0.1) is 5.92 Å². The summed E-state index contributed by atoms with van der Waals surface area (Å²) in [5.74, 6) is -1.66. The third-order valence-electron chi connectivity index (χ3n) is 4.56. The maximum atomic E-state index is 12.4. The molecule has 1 aromatic rings. The Kier molecular flexibility index (Phi) is 14.1. The van der Waals surface area contributed by atoms with Gasteiger partial charge in [0, 0.05) is 17.6 Å². The number of halogens is 2. The third-order valence-corrected chi connectivity index (χ3v) is 6.58. The highest BCUT2D eigenvalue weighted by Crippen LogP contribution is 2.24. The molecular weight excluding hydrogens is 587 g/mol. The number of hydrogen-bond acceptors (Lipinski definition) is 10. The number of ether oxygens (including phenoxy) is 3. The van der Waals surface area contributed by atoms with E-state index in [-0.39, 0.29) is 17.4 Å². The van der Waals surface area contributed by atoms with Gasteiger partial charge in [0.05, 0.1) is 12.7 Å². The minimum atomic E-state index is -3.01. The van der Waals surface area contributed by atoms with Crippen molar-refractivity contribution >= 4 is 47.6 Å². The molecule has 206 valence electrons. The number of aromatic nitrogens is 2. The lowest BCUT2D eigenvalue weighted by Gasteiger charge is -2.28. The fourth-order valence-corrected chi connectivity index (χ4v) is 4.07. The number of rotatable bonds is 15. The topological polar surface area (TPSA) is 181 Å². The van der Waals surface area contributed by atoms with Gasteiger partial charge in [0.2, 0.25) is 5.56 Å². The number of esters is 2. The van der Waals surface area contributed by atoms with Crippen LogP contribution in [0.5, 0.6) is 0 Å². The molecule has 36 heavy (non-hydrogen) atoms. The van der Waals surface area contributed by atoms with Crippen LogP contribution in [0.2, 0.25) is 0 Å². The molecule has 4 N–H and O–H groups in total. The molecule has 0 aliphatic carbocycles. The van der Waals surface area contributed by atoms with Crippen LogP contribution >= 0.6 is 35.7 Å². The third kappa shape index (κ3) is 10.8. The number of alkyl halides is 2. The van der Waals surface area contributed by atoms with Crippen molar-refractivity contribution in [3.05, 3.63) is 33.1 Å². The molecule has 0 radical (unpaired) electrons. The highest BCUT2D eigenvalue weighted by atomic mass is 79.9. The summed E-state index contributed by atoms with van der Waals surface area (Å²) in [7, 11) is -3.01. The monoisotopic (exact) mass is 618 g/mol. The summed E-state index contributed by atoms with van der Waals surface area (Å²) in [4.78, 5) is 49.9. The van der Waals surface area contributed by atoms with Gasteiger partial charge in [-0.2, -0.15) is 0 Å². The number of H-pyrrole nitrogens is 1. The molecule has 0 spiro atoms. The van der Waals surface area contributed by atoms with Gasteiger partial charge in [-0.05, 0) is 26.7 Å². The molecule has 0 aromatic carbocycles. The van der Waals surface area contributed by atoms with E-state index in [1.54, 1.807) is 27.7 Å². The fourth-order valence-electron chi connectivity index (χ4n) is 2.52. The Bertz CT molecular complexity index is 1010. The van der Waals surface area contributed by atoms with Gasteiger partial charge >= 0.3 is 17.6 Å². The van der Waals surface area contributed by atoms with Crippen molar-refractivity contribution < 1.29 is 32.9 Å². The Morgan fingerprint density at radius 2 is 1.83 bits per heavy atom. The molecule has 13 nitrogen and oxygen atoms in total. The van der Waals surface area contributed by atoms with E-state index in [1.165, 1.54) is 13.1 Å². The lowest BCUT2D eigenvalue weighted by molar-refractivity contribution is -0.160. The van der Waals surface area contributed by atoms with Crippen LogP contribution in [-0.4, -0.2) is 63.3 Å². The summed E-state index contributed by atoms with van der Waals surface area (Å²) in [6, 6.07) is -0.774. The van der Waals surface area contributed by atoms with Gasteiger partial charge in [0.25, 0.3) is 13.7 Å². The van der Waals surface area contributed by atoms with Crippen molar-refractivity contribution in [2.24, 2.45) is 11.7 Å². The van der Waals surface area contributed by atoms with Crippen molar-refractivity contribution in [1.82, 2.24) is 14.6 Å². The molecule has 0 amide bonds. The molecule has 0 saturated carbocycles. The summed E-state index contributed by atoms with van der Waals surface area (Å²) in [6.45, 7) is 7.78. The molecule has 16 heteroatoms. The first-order valence-electron chi connectivity index (χ1n) is 11.0. The number of carbonyl (C=O) groups is 2. The number of carbonyl (C=O) groups excluding carboxylic acids is 2. The molecule has 0 fully saturated rings. The summed E-state index contributed by atoms with van der Waals surface area (Å²) < 4.78 is 34.9. The SMILES string of the molecule is CC(C)OC(=O)[C@H](C)N[PH](=O)OC[C@@H](O[C@H](CBr)n1ccc(=O)[nH]c1=O)[C@H](Cl)OC(=O)C(N)C(C)C. The summed E-state index contributed by atoms with van der Waals surface area (Å²) in [6.07, 6.45) is -1.42. The van der Waals surface area contributed by atoms with Crippen LogP contribution < -0.4 is 22.1 Å². The average molecular weight is 620 g/mol. The van der Waals surface area contributed by atoms with E-state index in [0.717, 1.165) is 10.6 Å².